The largest absolute Gasteiger partial charge is 0.492 e. The number of ether oxygens (including phenoxy) is 1. The first-order valence-electron chi connectivity index (χ1n) is 5.70. The van der Waals surface area contributed by atoms with Crippen molar-refractivity contribution in [2.24, 2.45) is 5.92 Å². The van der Waals surface area contributed by atoms with E-state index in [0.717, 1.165) is 5.56 Å². The zero-order valence-corrected chi connectivity index (χ0v) is 10.6. The van der Waals surface area contributed by atoms with Crippen LogP contribution in [0.2, 0.25) is 5.02 Å². The van der Waals surface area contributed by atoms with E-state index < -0.39 is 11.8 Å². The first kappa shape index (κ1) is 12.6. The van der Waals surface area contributed by atoms with E-state index in [2.05, 4.69) is 13.8 Å². The molecular formula is C13H15ClF2O. The summed E-state index contributed by atoms with van der Waals surface area (Å²) in [4.78, 5) is 0. The molecule has 1 aromatic rings. The lowest BCUT2D eigenvalue weighted by atomic mass is 10.0. The minimum atomic E-state index is -2.54. The van der Waals surface area contributed by atoms with E-state index in [4.69, 9.17) is 16.3 Å². The van der Waals surface area contributed by atoms with Crippen LogP contribution in [-0.2, 0) is 0 Å². The topological polar surface area (TPSA) is 9.23 Å². The van der Waals surface area contributed by atoms with Crippen molar-refractivity contribution in [2.75, 3.05) is 6.61 Å². The molecule has 0 aromatic heterocycles. The van der Waals surface area contributed by atoms with Crippen molar-refractivity contribution in [3.8, 4) is 5.75 Å². The van der Waals surface area contributed by atoms with Crippen LogP contribution in [0, 0.1) is 5.92 Å². The van der Waals surface area contributed by atoms with Crippen molar-refractivity contribution < 1.29 is 13.5 Å². The molecule has 1 unspecified atom stereocenters. The number of hydrogen-bond acceptors (Lipinski definition) is 1. The van der Waals surface area contributed by atoms with Crippen LogP contribution in [0.3, 0.4) is 0 Å². The minimum absolute atomic E-state index is 0.0355. The number of halogens is 3. The van der Waals surface area contributed by atoms with Crippen molar-refractivity contribution in [3.05, 3.63) is 28.8 Å². The Morgan fingerprint density at radius 3 is 2.59 bits per heavy atom. The quantitative estimate of drug-likeness (QED) is 0.775. The Balaban J connectivity index is 1.97. The van der Waals surface area contributed by atoms with Crippen LogP contribution in [0.1, 0.15) is 31.7 Å². The summed E-state index contributed by atoms with van der Waals surface area (Å²) in [6.07, 6.45) is -0.0747. The maximum Gasteiger partial charge on any atom is 0.255 e. The van der Waals surface area contributed by atoms with Crippen molar-refractivity contribution in [1.29, 1.82) is 0 Å². The van der Waals surface area contributed by atoms with Crippen LogP contribution in [0.15, 0.2) is 18.2 Å². The van der Waals surface area contributed by atoms with Gasteiger partial charge in [-0.1, -0.05) is 31.5 Å². The third kappa shape index (κ3) is 2.89. The van der Waals surface area contributed by atoms with Crippen molar-refractivity contribution in [1.82, 2.24) is 0 Å². The molecule has 1 aromatic carbocycles. The summed E-state index contributed by atoms with van der Waals surface area (Å²) in [7, 11) is 0. The van der Waals surface area contributed by atoms with Gasteiger partial charge in [0, 0.05) is 6.42 Å². The molecular weight excluding hydrogens is 246 g/mol. The summed E-state index contributed by atoms with van der Waals surface area (Å²) in [5.41, 5.74) is 1.11. The molecule has 0 heterocycles. The number of benzene rings is 1. The number of hydrogen-bond donors (Lipinski definition) is 0. The highest BCUT2D eigenvalue weighted by atomic mass is 35.5. The monoisotopic (exact) mass is 260 g/mol. The lowest BCUT2D eigenvalue weighted by Gasteiger charge is -2.10. The van der Waals surface area contributed by atoms with Gasteiger partial charge in [-0.05, 0) is 23.6 Å². The molecule has 0 aliphatic heterocycles. The maximum absolute atomic E-state index is 12.7. The number of alkyl halides is 2. The van der Waals surface area contributed by atoms with Crippen molar-refractivity contribution in [2.45, 2.75) is 32.1 Å². The Labute approximate surface area is 105 Å². The van der Waals surface area contributed by atoms with E-state index in [1.165, 1.54) is 0 Å². The predicted octanol–water partition coefficient (Wildman–Crippen LogP) is 4.50. The zero-order valence-electron chi connectivity index (χ0n) is 9.84. The average Bonchev–Trinajstić information content (AvgIpc) is 2.84. The summed E-state index contributed by atoms with van der Waals surface area (Å²) in [5.74, 6) is -2.32. The maximum atomic E-state index is 12.7. The lowest BCUT2D eigenvalue weighted by molar-refractivity contribution is 0.0856. The van der Waals surface area contributed by atoms with E-state index in [1.807, 2.05) is 12.1 Å². The fourth-order valence-corrected chi connectivity index (χ4v) is 1.88. The van der Waals surface area contributed by atoms with Gasteiger partial charge in [0.25, 0.3) is 5.92 Å². The summed E-state index contributed by atoms with van der Waals surface area (Å²) in [6.45, 7) is 4.17. The molecule has 0 amide bonds. The van der Waals surface area contributed by atoms with Gasteiger partial charge in [0.1, 0.15) is 5.75 Å². The van der Waals surface area contributed by atoms with Crippen LogP contribution in [0.4, 0.5) is 8.78 Å². The van der Waals surface area contributed by atoms with Gasteiger partial charge >= 0.3 is 0 Å². The first-order valence-corrected chi connectivity index (χ1v) is 6.08. The van der Waals surface area contributed by atoms with Gasteiger partial charge in [-0.2, -0.15) is 0 Å². The minimum Gasteiger partial charge on any atom is -0.492 e. The van der Waals surface area contributed by atoms with Gasteiger partial charge in [0.2, 0.25) is 0 Å². The molecule has 94 valence electrons. The molecule has 1 saturated carbocycles. The molecule has 1 aliphatic rings. The summed E-state index contributed by atoms with van der Waals surface area (Å²) in [5, 5.41) is 0.486. The van der Waals surface area contributed by atoms with E-state index in [0.29, 0.717) is 16.7 Å². The van der Waals surface area contributed by atoms with Crippen molar-refractivity contribution in [3.63, 3.8) is 0 Å². The summed E-state index contributed by atoms with van der Waals surface area (Å²) >= 11 is 6.04. The summed E-state index contributed by atoms with van der Waals surface area (Å²) in [6, 6.07) is 5.49. The van der Waals surface area contributed by atoms with Gasteiger partial charge in [-0.15, -0.1) is 0 Å². The van der Waals surface area contributed by atoms with E-state index in [1.54, 1.807) is 6.07 Å². The van der Waals surface area contributed by atoms with Gasteiger partial charge in [-0.25, -0.2) is 8.78 Å². The Bertz CT molecular complexity index is 418. The first-order chi connectivity index (χ1) is 7.90. The van der Waals surface area contributed by atoms with Gasteiger partial charge in [0.15, 0.2) is 0 Å². The number of rotatable bonds is 4. The van der Waals surface area contributed by atoms with E-state index >= 15 is 0 Å². The normalized spacial score (nSPS) is 21.6. The third-order valence-electron chi connectivity index (χ3n) is 3.02. The fourth-order valence-electron chi connectivity index (χ4n) is 1.63. The Kier molecular flexibility index (Phi) is 3.30. The molecule has 1 atom stereocenters. The summed E-state index contributed by atoms with van der Waals surface area (Å²) < 4.78 is 30.6. The molecule has 4 heteroatoms. The van der Waals surface area contributed by atoms with Gasteiger partial charge in [0.05, 0.1) is 17.5 Å². The standard InChI is InChI=1S/C13H15ClF2O/c1-8(2)9-3-4-12(11(14)5-9)17-7-10-6-13(10,15)16/h3-5,8,10H,6-7H2,1-2H3. The fraction of sp³-hybridized carbons (Fsp3) is 0.538. The molecule has 0 N–H and O–H groups in total. The van der Waals surface area contributed by atoms with Crippen LogP contribution < -0.4 is 4.74 Å². The highest BCUT2D eigenvalue weighted by Gasteiger charge is 2.57. The predicted molar refractivity (Wildman–Crippen MR) is 64.1 cm³/mol. The second-order valence-electron chi connectivity index (χ2n) is 4.82. The Morgan fingerprint density at radius 1 is 1.47 bits per heavy atom. The SMILES string of the molecule is CC(C)c1ccc(OCC2CC2(F)F)c(Cl)c1. The molecule has 17 heavy (non-hydrogen) atoms. The van der Waals surface area contributed by atoms with Crippen LogP contribution >= 0.6 is 11.6 Å². The molecule has 0 bridgehead atoms. The molecule has 1 fully saturated rings. The van der Waals surface area contributed by atoms with Crippen LogP contribution in [0.25, 0.3) is 0 Å². The van der Waals surface area contributed by atoms with Crippen LogP contribution in [0.5, 0.6) is 5.75 Å². The highest BCUT2D eigenvalue weighted by Crippen LogP contribution is 2.48. The molecule has 2 rings (SSSR count). The third-order valence-corrected chi connectivity index (χ3v) is 3.31. The lowest BCUT2D eigenvalue weighted by Crippen LogP contribution is -2.06. The van der Waals surface area contributed by atoms with Crippen molar-refractivity contribution >= 4 is 11.6 Å². The molecule has 0 saturated heterocycles. The van der Waals surface area contributed by atoms with Crippen LogP contribution in [-0.4, -0.2) is 12.5 Å². The van der Waals surface area contributed by atoms with E-state index in [9.17, 15) is 8.78 Å². The van der Waals surface area contributed by atoms with Gasteiger partial charge < -0.3 is 4.74 Å². The van der Waals surface area contributed by atoms with Gasteiger partial charge in [-0.3, -0.25) is 0 Å². The second-order valence-corrected chi connectivity index (χ2v) is 5.22. The Morgan fingerprint density at radius 2 is 2.12 bits per heavy atom. The Hall–Kier alpha value is -0.830. The van der Waals surface area contributed by atoms with E-state index in [-0.39, 0.29) is 13.0 Å². The molecule has 1 nitrogen and oxygen atoms in total. The zero-order chi connectivity index (χ0) is 12.6. The molecule has 1 aliphatic carbocycles. The smallest absolute Gasteiger partial charge is 0.255 e. The molecule has 0 radical (unpaired) electrons. The highest BCUT2D eigenvalue weighted by molar-refractivity contribution is 6.32. The average molecular weight is 261 g/mol. The second kappa shape index (κ2) is 4.45. The molecule has 0 spiro atoms.